The summed E-state index contributed by atoms with van der Waals surface area (Å²) in [5.41, 5.74) is 2.36. The lowest BCUT2D eigenvalue weighted by molar-refractivity contribution is -0.136. The third-order valence-electron chi connectivity index (χ3n) is 4.31. The predicted molar refractivity (Wildman–Crippen MR) is 113 cm³/mol. The summed E-state index contributed by atoms with van der Waals surface area (Å²) >= 11 is 1.58. The number of aromatic nitrogens is 2. The number of nitrogens with zero attached hydrogens (tertiary/aromatic N) is 2. The van der Waals surface area contributed by atoms with Crippen LogP contribution in [-0.4, -0.2) is 34.7 Å². The number of benzene rings is 1. The molecule has 2 N–H and O–H groups in total. The van der Waals surface area contributed by atoms with Gasteiger partial charge >= 0.3 is 11.8 Å². The zero-order chi connectivity index (χ0) is 20.8. The van der Waals surface area contributed by atoms with E-state index in [0.717, 1.165) is 16.3 Å². The van der Waals surface area contributed by atoms with Gasteiger partial charge in [0.05, 0.1) is 18.0 Å². The van der Waals surface area contributed by atoms with Gasteiger partial charge in [-0.05, 0) is 50.4 Å². The van der Waals surface area contributed by atoms with E-state index in [1.54, 1.807) is 35.6 Å². The molecule has 0 bridgehead atoms. The molecule has 29 heavy (non-hydrogen) atoms. The zero-order valence-electron chi connectivity index (χ0n) is 16.6. The second kappa shape index (κ2) is 9.38. The zero-order valence-corrected chi connectivity index (χ0v) is 17.5. The fourth-order valence-corrected chi connectivity index (χ4v) is 3.86. The van der Waals surface area contributed by atoms with Crippen LogP contribution >= 0.6 is 11.3 Å². The summed E-state index contributed by atoms with van der Waals surface area (Å²) < 4.78 is 7.36. The van der Waals surface area contributed by atoms with Crippen molar-refractivity contribution in [1.29, 1.82) is 0 Å². The average Bonchev–Trinajstić information content (AvgIpc) is 3.34. The van der Waals surface area contributed by atoms with Crippen LogP contribution in [0.2, 0.25) is 0 Å². The second-order valence-electron chi connectivity index (χ2n) is 6.50. The SMILES string of the molecule is CCOc1ccccc1NC(=O)C(=O)NCC(c1cccs1)n1nc(C)cc1C. The Hall–Kier alpha value is -3.13. The molecule has 0 aliphatic carbocycles. The van der Waals surface area contributed by atoms with E-state index in [0.29, 0.717) is 18.0 Å². The number of hydrogen-bond donors (Lipinski definition) is 2. The molecule has 8 heteroatoms. The second-order valence-corrected chi connectivity index (χ2v) is 7.48. The number of carbonyl (C=O) groups is 2. The van der Waals surface area contributed by atoms with E-state index in [9.17, 15) is 9.59 Å². The normalized spacial score (nSPS) is 11.7. The first kappa shape index (κ1) is 20.6. The quantitative estimate of drug-likeness (QED) is 0.583. The Morgan fingerprint density at radius 3 is 2.62 bits per heavy atom. The molecule has 0 aliphatic heterocycles. The van der Waals surface area contributed by atoms with Gasteiger partial charge in [-0.15, -0.1) is 11.3 Å². The molecule has 0 radical (unpaired) electrons. The highest BCUT2D eigenvalue weighted by atomic mass is 32.1. The molecule has 1 atom stereocenters. The van der Waals surface area contributed by atoms with Crippen LogP contribution in [0.25, 0.3) is 0 Å². The number of para-hydroxylation sites is 2. The van der Waals surface area contributed by atoms with Gasteiger partial charge in [-0.1, -0.05) is 18.2 Å². The molecule has 0 fully saturated rings. The van der Waals surface area contributed by atoms with Crippen LogP contribution in [0.3, 0.4) is 0 Å². The number of carbonyl (C=O) groups excluding carboxylic acids is 2. The molecule has 2 heterocycles. The fraction of sp³-hybridized carbons (Fsp3) is 0.286. The minimum absolute atomic E-state index is 0.184. The van der Waals surface area contributed by atoms with E-state index in [4.69, 9.17) is 4.74 Å². The van der Waals surface area contributed by atoms with Gasteiger partial charge in [0, 0.05) is 17.1 Å². The molecule has 3 rings (SSSR count). The summed E-state index contributed by atoms with van der Waals surface area (Å²) in [5.74, 6) is -0.926. The van der Waals surface area contributed by atoms with Crippen molar-refractivity contribution in [3.63, 3.8) is 0 Å². The van der Waals surface area contributed by atoms with Crippen molar-refractivity contribution >= 4 is 28.8 Å². The van der Waals surface area contributed by atoms with E-state index in [1.807, 2.05) is 49.0 Å². The summed E-state index contributed by atoms with van der Waals surface area (Å²) in [4.78, 5) is 25.9. The Bertz CT molecular complexity index is 982. The van der Waals surface area contributed by atoms with E-state index >= 15 is 0 Å². The van der Waals surface area contributed by atoms with Crippen molar-refractivity contribution in [2.24, 2.45) is 0 Å². The maximum Gasteiger partial charge on any atom is 0.313 e. The van der Waals surface area contributed by atoms with E-state index in [-0.39, 0.29) is 12.6 Å². The number of nitrogens with one attached hydrogen (secondary N) is 2. The van der Waals surface area contributed by atoms with Crippen molar-refractivity contribution in [1.82, 2.24) is 15.1 Å². The maximum atomic E-state index is 12.4. The number of anilines is 1. The fourth-order valence-electron chi connectivity index (χ4n) is 3.05. The molecule has 3 aromatic rings. The first-order chi connectivity index (χ1) is 14.0. The van der Waals surface area contributed by atoms with Gasteiger partial charge in [-0.2, -0.15) is 5.10 Å². The van der Waals surface area contributed by atoms with E-state index in [1.165, 1.54) is 0 Å². The van der Waals surface area contributed by atoms with E-state index in [2.05, 4.69) is 15.7 Å². The van der Waals surface area contributed by atoms with Crippen LogP contribution in [-0.2, 0) is 9.59 Å². The van der Waals surface area contributed by atoms with Gasteiger partial charge < -0.3 is 15.4 Å². The smallest absolute Gasteiger partial charge is 0.313 e. The Morgan fingerprint density at radius 1 is 1.17 bits per heavy atom. The van der Waals surface area contributed by atoms with E-state index < -0.39 is 11.8 Å². The number of aryl methyl sites for hydroxylation is 2. The predicted octanol–water partition coefficient (Wildman–Crippen LogP) is 3.30. The maximum absolute atomic E-state index is 12.4. The number of hydrogen-bond acceptors (Lipinski definition) is 5. The highest BCUT2D eigenvalue weighted by Gasteiger charge is 2.22. The summed E-state index contributed by atoms with van der Waals surface area (Å²) in [5, 5.41) is 11.9. The van der Waals surface area contributed by atoms with Gasteiger partial charge in [-0.3, -0.25) is 14.3 Å². The molecule has 2 amide bonds. The lowest BCUT2D eigenvalue weighted by Crippen LogP contribution is -2.39. The monoisotopic (exact) mass is 412 g/mol. The van der Waals surface area contributed by atoms with Crippen LogP contribution in [0, 0.1) is 13.8 Å². The van der Waals surface area contributed by atoms with Gasteiger partial charge in [0.15, 0.2) is 0 Å². The lowest BCUT2D eigenvalue weighted by Gasteiger charge is -2.19. The van der Waals surface area contributed by atoms with Crippen molar-refractivity contribution in [2.75, 3.05) is 18.5 Å². The van der Waals surface area contributed by atoms with Crippen molar-refractivity contribution in [2.45, 2.75) is 26.8 Å². The first-order valence-electron chi connectivity index (χ1n) is 9.36. The highest BCUT2D eigenvalue weighted by Crippen LogP contribution is 2.25. The van der Waals surface area contributed by atoms with Gasteiger partial charge in [0.2, 0.25) is 0 Å². The molecule has 0 saturated carbocycles. The topological polar surface area (TPSA) is 85.2 Å². The minimum atomic E-state index is -0.740. The number of ether oxygens (including phenoxy) is 1. The number of amides is 2. The molecule has 152 valence electrons. The summed E-state index contributed by atoms with van der Waals surface area (Å²) in [6, 6.07) is 12.8. The van der Waals surface area contributed by atoms with Gasteiger partial charge in [0.1, 0.15) is 11.8 Å². The van der Waals surface area contributed by atoms with Gasteiger partial charge in [-0.25, -0.2) is 0 Å². The number of thiophene rings is 1. The highest BCUT2D eigenvalue weighted by molar-refractivity contribution is 7.10. The Labute approximate surface area is 173 Å². The Balaban J connectivity index is 1.69. The van der Waals surface area contributed by atoms with Crippen molar-refractivity contribution in [3.8, 4) is 5.75 Å². The van der Waals surface area contributed by atoms with Gasteiger partial charge in [0.25, 0.3) is 0 Å². The van der Waals surface area contributed by atoms with Crippen LogP contribution in [0.4, 0.5) is 5.69 Å². The molecule has 7 nitrogen and oxygen atoms in total. The largest absolute Gasteiger partial charge is 0.492 e. The third-order valence-corrected chi connectivity index (χ3v) is 5.28. The molecule has 0 saturated heterocycles. The molecular weight excluding hydrogens is 388 g/mol. The van der Waals surface area contributed by atoms with Crippen molar-refractivity contribution < 1.29 is 14.3 Å². The molecular formula is C21H24N4O3S. The molecule has 1 unspecified atom stereocenters. The summed E-state index contributed by atoms with van der Waals surface area (Å²) in [6.45, 7) is 6.47. The lowest BCUT2D eigenvalue weighted by atomic mass is 10.2. The molecule has 1 aromatic carbocycles. The molecule has 2 aromatic heterocycles. The number of rotatable bonds is 7. The minimum Gasteiger partial charge on any atom is -0.492 e. The van der Waals surface area contributed by atoms with Crippen LogP contribution < -0.4 is 15.4 Å². The Kier molecular flexibility index (Phi) is 6.66. The standard InChI is InChI=1S/C21H24N4O3S/c1-4-28-18-9-6-5-8-16(18)23-21(27)20(26)22-13-17(19-10-7-11-29-19)25-15(3)12-14(2)24-25/h5-12,17H,4,13H2,1-3H3,(H,22,26)(H,23,27). The van der Waals surface area contributed by atoms with Crippen LogP contribution in [0.1, 0.15) is 29.2 Å². The molecule has 0 spiro atoms. The van der Waals surface area contributed by atoms with Crippen LogP contribution in [0.5, 0.6) is 5.75 Å². The Morgan fingerprint density at radius 2 is 1.97 bits per heavy atom. The first-order valence-corrected chi connectivity index (χ1v) is 10.2. The average molecular weight is 413 g/mol. The van der Waals surface area contributed by atoms with Crippen molar-refractivity contribution in [3.05, 3.63) is 64.1 Å². The third kappa shape index (κ3) is 5.03. The van der Waals surface area contributed by atoms with Crippen LogP contribution in [0.15, 0.2) is 47.8 Å². The summed E-state index contributed by atoms with van der Waals surface area (Å²) in [7, 11) is 0. The summed E-state index contributed by atoms with van der Waals surface area (Å²) in [6.07, 6.45) is 0. The molecule has 0 aliphatic rings.